The molecule has 0 saturated heterocycles. The van der Waals surface area contributed by atoms with Crippen LogP contribution in [0.4, 0.5) is 0 Å². The normalized spacial score (nSPS) is 12.8. The second-order valence-corrected chi connectivity index (χ2v) is 15.2. The van der Waals surface area contributed by atoms with Crippen molar-refractivity contribution in [2.45, 2.75) is 213 Å². The molecule has 0 aromatic rings. The van der Waals surface area contributed by atoms with Gasteiger partial charge >= 0.3 is 17.9 Å². The van der Waals surface area contributed by atoms with Crippen molar-refractivity contribution in [2.75, 3.05) is 13.2 Å². The van der Waals surface area contributed by atoms with E-state index in [1.807, 2.05) is 0 Å². The molecule has 0 rings (SSSR count). The van der Waals surface area contributed by atoms with Gasteiger partial charge in [0.05, 0.1) is 0 Å². The molecule has 0 heterocycles. The molecule has 0 amide bonds. The first-order valence-corrected chi connectivity index (χ1v) is 23.6. The number of hydrogen-bond acceptors (Lipinski definition) is 6. The smallest absolute Gasteiger partial charge is 0.306 e. The Kier molecular flexibility index (Phi) is 43.6. The molecule has 0 aliphatic heterocycles. The lowest BCUT2D eigenvalue weighted by Gasteiger charge is -2.18. The Labute approximate surface area is 356 Å². The van der Waals surface area contributed by atoms with Gasteiger partial charge in [-0.05, 0) is 103 Å². The van der Waals surface area contributed by atoms with E-state index in [4.69, 9.17) is 14.2 Å². The third-order valence-electron chi connectivity index (χ3n) is 9.60. The maximum atomic E-state index is 12.7. The van der Waals surface area contributed by atoms with Crippen LogP contribution < -0.4 is 0 Å². The Morgan fingerprint density at radius 1 is 0.362 bits per heavy atom. The van der Waals surface area contributed by atoms with Gasteiger partial charge in [0.2, 0.25) is 0 Å². The molecule has 0 aliphatic rings. The van der Waals surface area contributed by atoms with Crippen molar-refractivity contribution >= 4 is 17.9 Å². The van der Waals surface area contributed by atoms with Crippen LogP contribution in [0.25, 0.3) is 0 Å². The third kappa shape index (κ3) is 43.7. The Balaban J connectivity index is 4.42. The van der Waals surface area contributed by atoms with Crippen LogP contribution in [0.15, 0.2) is 85.1 Å². The first-order valence-electron chi connectivity index (χ1n) is 23.6. The van der Waals surface area contributed by atoms with Crippen LogP contribution in [-0.2, 0) is 28.6 Å². The minimum absolute atomic E-state index is 0.0974. The molecule has 6 nitrogen and oxygen atoms in total. The number of allylic oxidation sites excluding steroid dienone is 14. The van der Waals surface area contributed by atoms with Gasteiger partial charge in [0.25, 0.3) is 0 Å². The fourth-order valence-corrected chi connectivity index (χ4v) is 6.12. The molecule has 0 bridgehead atoms. The molecule has 330 valence electrons. The highest BCUT2D eigenvalue weighted by atomic mass is 16.6. The largest absolute Gasteiger partial charge is 0.462 e. The Bertz CT molecular complexity index is 1160. The summed E-state index contributed by atoms with van der Waals surface area (Å²) in [6.45, 7) is 6.29. The standard InChI is InChI=1S/C52H86O6/c1-4-7-10-13-16-19-22-24-25-26-27-29-30-33-36-39-42-45-51(54)57-48-49(47-56-50(53)44-41-38-35-32-21-18-15-12-9-6-3)58-52(55)46-43-40-37-34-31-28-23-20-17-14-11-8-5-2/h7-8,10-12,15-17,19-20,24-25,28,31,49H,4-6,9,13-14,18,21-23,26-27,29-30,32-48H2,1-3H3/b10-7-,11-8-,15-12-,19-16-,20-17-,25-24-,31-28-. The van der Waals surface area contributed by atoms with E-state index in [0.29, 0.717) is 12.8 Å². The lowest BCUT2D eigenvalue weighted by atomic mass is 10.1. The van der Waals surface area contributed by atoms with Gasteiger partial charge in [-0.1, -0.05) is 170 Å². The third-order valence-corrected chi connectivity index (χ3v) is 9.60. The van der Waals surface area contributed by atoms with E-state index in [1.165, 1.54) is 38.5 Å². The molecule has 1 atom stereocenters. The van der Waals surface area contributed by atoms with Gasteiger partial charge in [0.1, 0.15) is 13.2 Å². The number of rotatable bonds is 41. The zero-order valence-corrected chi connectivity index (χ0v) is 37.5. The minimum atomic E-state index is -0.797. The van der Waals surface area contributed by atoms with E-state index >= 15 is 0 Å². The van der Waals surface area contributed by atoms with Gasteiger partial charge in [-0.15, -0.1) is 0 Å². The van der Waals surface area contributed by atoms with Crippen molar-refractivity contribution in [1.29, 1.82) is 0 Å². The summed E-state index contributed by atoms with van der Waals surface area (Å²) in [5.74, 6) is -0.954. The Hall–Kier alpha value is -3.41. The summed E-state index contributed by atoms with van der Waals surface area (Å²) in [7, 11) is 0. The van der Waals surface area contributed by atoms with E-state index in [-0.39, 0.29) is 37.5 Å². The topological polar surface area (TPSA) is 78.9 Å². The fraction of sp³-hybridized carbons (Fsp3) is 0.673. The van der Waals surface area contributed by atoms with Crippen molar-refractivity contribution in [2.24, 2.45) is 0 Å². The predicted octanol–water partition coefficient (Wildman–Crippen LogP) is 15.3. The first-order chi connectivity index (χ1) is 28.5. The highest BCUT2D eigenvalue weighted by molar-refractivity contribution is 5.71. The molecule has 0 aromatic carbocycles. The number of carbonyl (C=O) groups is 3. The SMILES string of the molecule is CC/C=C\C/C=C\C/C=C\CCCCCCCCCC(=O)OCC(COC(=O)CCCCCCC/C=C\CCC)OC(=O)CCCCC/C=C\C/C=C\C/C=C\CC. The summed E-state index contributed by atoms with van der Waals surface area (Å²) >= 11 is 0. The summed E-state index contributed by atoms with van der Waals surface area (Å²) < 4.78 is 16.7. The molecule has 58 heavy (non-hydrogen) atoms. The number of carbonyl (C=O) groups excluding carboxylic acids is 3. The van der Waals surface area contributed by atoms with Gasteiger partial charge in [0.15, 0.2) is 6.10 Å². The van der Waals surface area contributed by atoms with Crippen LogP contribution in [0.5, 0.6) is 0 Å². The molecule has 0 aromatic heterocycles. The lowest BCUT2D eigenvalue weighted by molar-refractivity contribution is -0.167. The zero-order valence-electron chi connectivity index (χ0n) is 37.5. The summed E-state index contributed by atoms with van der Waals surface area (Å²) in [5, 5.41) is 0. The molecular weight excluding hydrogens is 721 g/mol. The van der Waals surface area contributed by atoms with Crippen LogP contribution in [0.2, 0.25) is 0 Å². The van der Waals surface area contributed by atoms with E-state index in [2.05, 4.69) is 106 Å². The zero-order chi connectivity index (χ0) is 42.3. The van der Waals surface area contributed by atoms with Gasteiger partial charge in [0, 0.05) is 19.3 Å². The number of unbranched alkanes of at least 4 members (excludes halogenated alkanes) is 16. The van der Waals surface area contributed by atoms with Gasteiger partial charge in [-0.2, -0.15) is 0 Å². The van der Waals surface area contributed by atoms with E-state index in [1.54, 1.807) is 0 Å². The summed E-state index contributed by atoms with van der Waals surface area (Å²) in [6, 6.07) is 0. The molecule has 0 aliphatic carbocycles. The second-order valence-electron chi connectivity index (χ2n) is 15.2. The minimum Gasteiger partial charge on any atom is -0.462 e. The highest BCUT2D eigenvalue weighted by Crippen LogP contribution is 2.13. The lowest BCUT2D eigenvalue weighted by Crippen LogP contribution is -2.30. The predicted molar refractivity (Wildman–Crippen MR) is 247 cm³/mol. The van der Waals surface area contributed by atoms with Gasteiger partial charge in [-0.25, -0.2) is 0 Å². The Morgan fingerprint density at radius 2 is 0.672 bits per heavy atom. The maximum absolute atomic E-state index is 12.7. The molecule has 1 unspecified atom stereocenters. The number of esters is 3. The van der Waals surface area contributed by atoms with Crippen molar-refractivity contribution < 1.29 is 28.6 Å². The summed E-state index contributed by atoms with van der Waals surface area (Å²) in [4.78, 5) is 37.8. The van der Waals surface area contributed by atoms with E-state index in [0.717, 1.165) is 128 Å². The van der Waals surface area contributed by atoms with Crippen LogP contribution in [0, 0.1) is 0 Å². The number of hydrogen-bond donors (Lipinski definition) is 0. The van der Waals surface area contributed by atoms with Gasteiger partial charge in [-0.3, -0.25) is 14.4 Å². The second kappa shape index (κ2) is 46.3. The van der Waals surface area contributed by atoms with Crippen molar-refractivity contribution in [3.8, 4) is 0 Å². The average molecular weight is 807 g/mol. The molecule has 0 N–H and O–H groups in total. The highest BCUT2D eigenvalue weighted by Gasteiger charge is 2.19. The molecule has 0 radical (unpaired) electrons. The Morgan fingerprint density at radius 3 is 1.09 bits per heavy atom. The fourth-order valence-electron chi connectivity index (χ4n) is 6.12. The molecular formula is C52H86O6. The van der Waals surface area contributed by atoms with Crippen molar-refractivity contribution in [1.82, 2.24) is 0 Å². The van der Waals surface area contributed by atoms with Crippen LogP contribution in [0.3, 0.4) is 0 Å². The molecule has 0 spiro atoms. The van der Waals surface area contributed by atoms with E-state index in [9.17, 15) is 14.4 Å². The van der Waals surface area contributed by atoms with E-state index < -0.39 is 6.10 Å². The van der Waals surface area contributed by atoms with Crippen LogP contribution >= 0.6 is 0 Å². The van der Waals surface area contributed by atoms with Crippen molar-refractivity contribution in [3.63, 3.8) is 0 Å². The average Bonchev–Trinajstić information content (AvgIpc) is 3.22. The molecule has 6 heteroatoms. The summed E-state index contributed by atoms with van der Waals surface area (Å²) in [5.41, 5.74) is 0. The summed E-state index contributed by atoms with van der Waals surface area (Å²) in [6.07, 6.45) is 58.5. The quantitative estimate of drug-likeness (QED) is 0.0265. The van der Waals surface area contributed by atoms with Gasteiger partial charge < -0.3 is 14.2 Å². The van der Waals surface area contributed by atoms with Crippen molar-refractivity contribution in [3.05, 3.63) is 85.1 Å². The first kappa shape index (κ1) is 54.6. The monoisotopic (exact) mass is 807 g/mol. The molecule has 0 fully saturated rings. The maximum Gasteiger partial charge on any atom is 0.306 e. The van der Waals surface area contributed by atoms with Crippen LogP contribution in [-0.4, -0.2) is 37.2 Å². The van der Waals surface area contributed by atoms with Crippen LogP contribution in [0.1, 0.15) is 207 Å². The molecule has 0 saturated carbocycles. The number of ether oxygens (including phenoxy) is 3.